The van der Waals surface area contributed by atoms with E-state index in [0.29, 0.717) is 23.1 Å². The second kappa shape index (κ2) is 5.06. The molecule has 2 aromatic carbocycles. The molecule has 4 heteroatoms. The molecule has 2 aromatic rings. The van der Waals surface area contributed by atoms with E-state index < -0.39 is 0 Å². The summed E-state index contributed by atoms with van der Waals surface area (Å²) in [5.41, 5.74) is 6.88. The molecule has 0 heterocycles. The van der Waals surface area contributed by atoms with E-state index in [9.17, 15) is 4.39 Å². The van der Waals surface area contributed by atoms with Crippen molar-refractivity contribution >= 4 is 17.3 Å². The van der Waals surface area contributed by atoms with E-state index in [4.69, 9.17) is 22.1 Å². The molecule has 0 aliphatic heterocycles. The first-order valence-electron chi connectivity index (χ1n) is 5.07. The molecule has 0 unspecified atom stereocenters. The number of benzene rings is 2. The van der Waals surface area contributed by atoms with Gasteiger partial charge in [0.2, 0.25) is 0 Å². The lowest BCUT2D eigenvalue weighted by Gasteiger charge is -2.08. The quantitative estimate of drug-likeness (QED) is 0.846. The van der Waals surface area contributed by atoms with Crippen molar-refractivity contribution in [2.75, 3.05) is 5.73 Å². The SMILES string of the molecule is Nc1cc(F)ccc1OCc1ccc(Cl)cc1. The van der Waals surface area contributed by atoms with Crippen LogP contribution in [0.25, 0.3) is 0 Å². The van der Waals surface area contributed by atoms with Gasteiger partial charge in [0.05, 0.1) is 5.69 Å². The molecular formula is C13H11ClFNO. The predicted molar refractivity (Wildman–Crippen MR) is 66.6 cm³/mol. The van der Waals surface area contributed by atoms with Crippen LogP contribution in [0.15, 0.2) is 42.5 Å². The van der Waals surface area contributed by atoms with Crippen molar-refractivity contribution in [3.8, 4) is 5.75 Å². The van der Waals surface area contributed by atoms with Crippen LogP contribution in [0, 0.1) is 5.82 Å². The van der Waals surface area contributed by atoms with Crippen LogP contribution < -0.4 is 10.5 Å². The smallest absolute Gasteiger partial charge is 0.142 e. The summed E-state index contributed by atoms with van der Waals surface area (Å²) in [4.78, 5) is 0. The molecule has 2 rings (SSSR count). The lowest BCUT2D eigenvalue weighted by atomic mass is 10.2. The van der Waals surface area contributed by atoms with Crippen molar-refractivity contribution in [2.24, 2.45) is 0 Å². The second-order valence-electron chi connectivity index (χ2n) is 3.60. The number of halogens is 2. The first-order valence-corrected chi connectivity index (χ1v) is 5.45. The molecule has 2 N–H and O–H groups in total. The Morgan fingerprint density at radius 1 is 1.12 bits per heavy atom. The number of anilines is 1. The first-order chi connectivity index (χ1) is 8.15. The summed E-state index contributed by atoms with van der Waals surface area (Å²) in [6.07, 6.45) is 0. The highest BCUT2D eigenvalue weighted by molar-refractivity contribution is 6.30. The van der Waals surface area contributed by atoms with Gasteiger partial charge in [-0.15, -0.1) is 0 Å². The maximum atomic E-state index is 12.8. The van der Waals surface area contributed by atoms with Crippen molar-refractivity contribution < 1.29 is 9.13 Å². The van der Waals surface area contributed by atoms with E-state index in [-0.39, 0.29) is 5.82 Å². The third-order valence-electron chi connectivity index (χ3n) is 2.28. The third-order valence-corrected chi connectivity index (χ3v) is 2.53. The van der Waals surface area contributed by atoms with Crippen molar-refractivity contribution in [2.45, 2.75) is 6.61 Å². The van der Waals surface area contributed by atoms with Gasteiger partial charge < -0.3 is 10.5 Å². The summed E-state index contributed by atoms with van der Waals surface area (Å²) in [5.74, 6) is 0.0997. The van der Waals surface area contributed by atoms with Crippen LogP contribution in [-0.4, -0.2) is 0 Å². The van der Waals surface area contributed by atoms with Crippen molar-refractivity contribution in [1.82, 2.24) is 0 Å². The number of hydrogen-bond acceptors (Lipinski definition) is 2. The Bertz CT molecular complexity index is 513. The zero-order valence-electron chi connectivity index (χ0n) is 8.99. The molecule has 0 bridgehead atoms. The number of nitrogens with two attached hydrogens (primary N) is 1. The lowest BCUT2D eigenvalue weighted by molar-refractivity contribution is 0.307. The average molecular weight is 252 g/mol. The van der Waals surface area contributed by atoms with Crippen LogP contribution in [0.3, 0.4) is 0 Å². The predicted octanol–water partition coefficient (Wildman–Crippen LogP) is 3.64. The van der Waals surface area contributed by atoms with Crippen molar-refractivity contribution in [1.29, 1.82) is 0 Å². The van der Waals surface area contributed by atoms with Crippen LogP contribution in [0.1, 0.15) is 5.56 Å². The zero-order valence-corrected chi connectivity index (χ0v) is 9.75. The molecule has 0 radical (unpaired) electrons. The number of ether oxygens (including phenoxy) is 1. The Morgan fingerprint density at radius 3 is 2.47 bits per heavy atom. The molecule has 0 saturated carbocycles. The van der Waals surface area contributed by atoms with E-state index >= 15 is 0 Å². The molecule has 0 aromatic heterocycles. The van der Waals surface area contributed by atoms with E-state index in [1.807, 2.05) is 12.1 Å². The highest BCUT2D eigenvalue weighted by atomic mass is 35.5. The highest BCUT2D eigenvalue weighted by Crippen LogP contribution is 2.23. The van der Waals surface area contributed by atoms with Crippen LogP contribution in [-0.2, 0) is 6.61 Å². The fourth-order valence-electron chi connectivity index (χ4n) is 1.39. The van der Waals surface area contributed by atoms with Gasteiger partial charge in [-0.3, -0.25) is 0 Å². The minimum Gasteiger partial charge on any atom is -0.487 e. The summed E-state index contributed by atoms with van der Waals surface area (Å²) < 4.78 is 18.3. The van der Waals surface area contributed by atoms with Crippen LogP contribution in [0.4, 0.5) is 10.1 Å². The molecule has 0 aliphatic carbocycles. The van der Waals surface area contributed by atoms with Crippen molar-refractivity contribution in [3.63, 3.8) is 0 Å². The van der Waals surface area contributed by atoms with Gasteiger partial charge >= 0.3 is 0 Å². The lowest BCUT2D eigenvalue weighted by Crippen LogP contribution is -1.99. The summed E-state index contributed by atoms with van der Waals surface area (Å²) in [6.45, 7) is 0.368. The Labute approximate surface area is 104 Å². The van der Waals surface area contributed by atoms with Gasteiger partial charge in [0.15, 0.2) is 0 Å². The Kier molecular flexibility index (Phi) is 3.49. The van der Waals surface area contributed by atoms with Crippen LogP contribution >= 0.6 is 11.6 Å². The topological polar surface area (TPSA) is 35.2 Å². The Hall–Kier alpha value is -1.74. The number of nitrogen functional groups attached to an aromatic ring is 1. The average Bonchev–Trinajstić information content (AvgIpc) is 2.30. The van der Waals surface area contributed by atoms with E-state index in [2.05, 4.69) is 0 Å². The van der Waals surface area contributed by atoms with Gasteiger partial charge in [-0.05, 0) is 29.8 Å². The fourth-order valence-corrected chi connectivity index (χ4v) is 1.52. The standard InChI is InChI=1S/C13H11ClFNO/c14-10-3-1-9(2-4-10)8-17-13-6-5-11(15)7-12(13)16/h1-7H,8,16H2. The summed E-state index contributed by atoms with van der Waals surface area (Å²) in [5, 5.41) is 0.676. The third kappa shape index (κ3) is 3.11. The molecule has 0 fully saturated rings. The van der Waals surface area contributed by atoms with Gasteiger partial charge in [0, 0.05) is 11.1 Å². The monoisotopic (exact) mass is 251 g/mol. The first kappa shape index (κ1) is 11.7. The molecule has 0 saturated heterocycles. The van der Waals surface area contributed by atoms with Gasteiger partial charge in [-0.1, -0.05) is 23.7 Å². The molecular weight excluding hydrogens is 241 g/mol. The molecule has 0 atom stereocenters. The minimum absolute atomic E-state index is 0.291. The molecule has 0 amide bonds. The fraction of sp³-hybridized carbons (Fsp3) is 0.0769. The normalized spacial score (nSPS) is 10.2. The number of rotatable bonds is 3. The van der Waals surface area contributed by atoms with E-state index in [1.165, 1.54) is 18.2 Å². The molecule has 0 spiro atoms. The summed E-state index contributed by atoms with van der Waals surface area (Å²) in [6, 6.07) is 11.4. The Balaban J connectivity index is 2.04. The maximum Gasteiger partial charge on any atom is 0.142 e. The summed E-state index contributed by atoms with van der Waals surface area (Å²) in [7, 11) is 0. The van der Waals surface area contributed by atoms with Crippen LogP contribution in [0.2, 0.25) is 5.02 Å². The minimum atomic E-state index is -0.374. The number of hydrogen-bond donors (Lipinski definition) is 1. The van der Waals surface area contributed by atoms with Crippen LogP contribution in [0.5, 0.6) is 5.75 Å². The largest absolute Gasteiger partial charge is 0.487 e. The van der Waals surface area contributed by atoms with Gasteiger partial charge in [0.25, 0.3) is 0 Å². The van der Waals surface area contributed by atoms with E-state index in [1.54, 1.807) is 12.1 Å². The molecule has 2 nitrogen and oxygen atoms in total. The Morgan fingerprint density at radius 2 is 1.82 bits per heavy atom. The highest BCUT2D eigenvalue weighted by Gasteiger charge is 2.02. The van der Waals surface area contributed by atoms with E-state index in [0.717, 1.165) is 5.56 Å². The molecule has 17 heavy (non-hydrogen) atoms. The molecule has 88 valence electrons. The zero-order chi connectivity index (χ0) is 12.3. The summed E-state index contributed by atoms with van der Waals surface area (Å²) >= 11 is 5.77. The van der Waals surface area contributed by atoms with Crippen molar-refractivity contribution in [3.05, 3.63) is 58.9 Å². The van der Waals surface area contributed by atoms with Gasteiger partial charge in [-0.25, -0.2) is 4.39 Å². The second-order valence-corrected chi connectivity index (χ2v) is 4.03. The molecule has 0 aliphatic rings. The maximum absolute atomic E-state index is 12.8. The van der Waals surface area contributed by atoms with Gasteiger partial charge in [0.1, 0.15) is 18.2 Å². The van der Waals surface area contributed by atoms with Gasteiger partial charge in [-0.2, -0.15) is 0 Å².